The van der Waals surface area contributed by atoms with Crippen LogP contribution in [-0.2, 0) is 23.1 Å². The van der Waals surface area contributed by atoms with E-state index >= 15 is 0 Å². The number of sulfonamides is 1. The summed E-state index contributed by atoms with van der Waals surface area (Å²) in [5, 5.41) is 12.0. The van der Waals surface area contributed by atoms with E-state index in [1.807, 2.05) is 54.6 Å². The van der Waals surface area contributed by atoms with Crippen molar-refractivity contribution in [3.8, 4) is 17.2 Å². The van der Waals surface area contributed by atoms with Crippen molar-refractivity contribution in [3.05, 3.63) is 102 Å². The highest BCUT2D eigenvalue weighted by Crippen LogP contribution is 2.36. The maximum absolute atomic E-state index is 13.0. The summed E-state index contributed by atoms with van der Waals surface area (Å²) in [6, 6.07) is 28.7. The molecule has 0 radical (unpaired) electrons. The number of fused-ring (bicyclic) bond motifs is 2. The summed E-state index contributed by atoms with van der Waals surface area (Å²) in [5.74, 6) is 0. The molecular formula is C25H18N2O2S. The lowest BCUT2D eigenvalue weighted by atomic mass is 9.92. The van der Waals surface area contributed by atoms with Crippen molar-refractivity contribution in [2.24, 2.45) is 0 Å². The molecule has 4 nitrogen and oxygen atoms in total. The molecule has 0 saturated heterocycles. The monoisotopic (exact) mass is 410 g/mol. The molecule has 4 aromatic rings. The summed E-state index contributed by atoms with van der Waals surface area (Å²) in [4.78, 5) is 0.285. The SMILES string of the molecule is N#Cc1cc2c(cc1-c1cccc3ccccc13)CN(S(=O)(=O)c1ccccc1)C2. The van der Waals surface area contributed by atoms with Crippen molar-refractivity contribution in [1.29, 1.82) is 5.26 Å². The van der Waals surface area contributed by atoms with Gasteiger partial charge in [-0.3, -0.25) is 0 Å². The molecule has 0 bridgehead atoms. The molecule has 1 aliphatic heterocycles. The molecule has 1 heterocycles. The summed E-state index contributed by atoms with van der Waals surface area (Å²) in [5.41, 5.74) is 4.21. The minimum atomic E-state index is -3.59. The van der Waals surface area contributed by atoms with Crippen LogP contribution in [0.15, 0.2) is 89.8 Å². The second-order valence-corrected chi connectivity index (χ2v) is 9.33. The predicted molar refractivity (Wildman–Crippen MR) is 117 cm³/mol. The van der Waals surface area contributed by atoms with Crippen LogP contribution in [0.4, 0.5) is 0 Å². The van der Waals surface area contributed by atoms with Gasteiger partial charge in [-0.15, -0.1) is 0 Å². The van der Waals surface area contributed by atoms with Crippen LogP contribution in [0.5, 0.6) is 0 Å². The third kappa shape index (κ3) is 2.98. The first-order valence-electron chi connectivity index (χ1n) is 9.67. The number of rotatable bonds is 3. The summed E-state index contributed by atoms with van der Waals surface area (Å²) >= 11 is 0. The van der Waals surface area contributed by atoms with Crippen LogP contribution in [-0.4, -0.2) is 12.7 Å². The van der Waals surface area contributed by atoms with Crippen molar-refractivity contribution >= 4 is 20.8 Å². The van der Waals surface area contributed by atoms with Crippen molar-refractivity contribution in [3.63, 3.8) is 0 Å². The Labute approximate surface area is 175 Å². The Morgan fingerprint density at radius 1 is 0.767 bits per heavy atom. The fourth-order valence-electron chi connectivity index (χ4n) is 4.11. The van der Waals surface area contributed by atoms with Gasteiger partial charge in [0.15, 0.2) is 0 Å². The molecule has 0 N–H and O–H groups in total. The second-order valence-electron chi connectivity index (χ2n) is 7.39. The lowest BCUT2D eigenvalue weighted by molar-refractivity contribution is 0.431. The zero-order valence-electron chi connectivity index (χ0n) is 16.1. The fraction of sp³-hybridized carbons (Fsp3) is 0.0800. The van der Waals surface area contributed by atoms with Crippen LogP contribution in [0, 0.1) is 11.3 Å². The van der Waals surface area contributed by atoms with E-state index in [-0.39, 0.29) is 11.4 Å². The van der Waals surface area contributed by atoms with Gasteiger partial charge >= 0.3 is 0 Å². The topological polar surface area (TPSA) is 61.2 Å². The number of benzene rings is 4. The van der Waals surface area contributed by atoms with Gasteiger partial charge in [0.05, 0.1) is 16.5 Å². The molecule has 0 aromatic heterocycles. The van der Waals surface area contributed by atoms with Crippen molar-refractivity contribution in [2.75, 3.05) is 0 Å². The minimum Gasteiger partial charge on any atom is -0.207 e. The third-order valence-corrected chi connectivity index (χ3v) is 7.42. The van der Waals surface area contributed by atoms with Gasteiger partial charge < -0.3 is 0 Å². The standard InChI is InChI=1S/C25H18N2O2S/c26-15-19-13-20-16-27(30(28,29)22-9-2-1-3-10-22)17-21(20)14-25(19)24-12-6-8-18-7-4-5-11-23(18)24/h1-14H,16-17H2. The number of nitrogens with zero attached hydrogens (tertiary/aromatic N) is 2. The van der Waals surface area contributed by atoms with Gasteiger partial charge in [-0.05, 0) is 51.7 Å². The summed E-state index contributed by atoms with van der Waals surface area (Å²) in [6.07, 6.45) is 0. The zero-order chi connectivity index (χ0) is 20.7. The van der Waals surface area contributed by atoms with E-state index in [1.165, 1.54) is 4.31 Å². The average Bonchev–Trinajstić information content (AvgIpc) is 3.22. The highest BCUT2D eigenvalue weighted by molar-refractivity contribution is 7.89. The van der Waals surface area contributed by atoms with E-state index in [9.17, 15) is 13.7 Å². The first kappa shape index (κ1) is 18.6. The van der Waals surface area contributed by atoms with Crippen LogP contribution < -0.4 is 0 Å². The molecule has 146 valence electrons. The van der Waals surface area contributed by atoms with Crippen LogP contribution in [0.3, 0.4) is 0 Å². The molecule has 4 aromatic carbocycles. The highest BCUT2D eigenvalue weighted by atomic mass is 32.2. The summed E-state index contributed by atoms with van der Waals surface area (Å²) in [6.45, 7) is 0.576. The average molecular weight is 410 g/mol. The Morgan fingerprint density at radius 2 is 1.43 bits per heavy atom. The molecule has 0 spiro atoms. The zero-order valence-corrected chi connectivity index (χ0v) is 16.9. The molecule has 0 aliphatic carbocycles. The van der Waals surface area contributed by atoms with Gasteiger partial charge in [0, 0.05) is 18.7 Å². The molecule has 0 unspecified atom stereocenters. The van der Waals surface area contributed by atoms with Gasteiger partial charge in [0.2, 0.25) is 10.0 Å². The fourth-order valence-corrected chi connectivity index (χ4v) is 5.52. The van der Waals surface area contributed by atoms with Gasteiger partial charge in [-0.25, -0.2) is 8.42 Å². The molecule has 5 heteroatoms. The van der Waals surface area contributed by atoms with E-state index in [0.717, 1.165) is 33.0 Å². The molecule has 0 saturated carbocycles. The normalized spacial score (nSPS) is 13.8. The molecule has 1 aliphatic rings. The van der Waals surface area contributed by atoms with Crippen LogP contribution in [0.1, 0.15) is 16.7 Å². The predicted octanol–water partition coefficient (Wildman–Crippen LogP) is 5.08. The van der Waals surface area contributed by atoms with Crippen LogP contribution in [0.25, 0.3) is 21.9 Å². The van der Waals surface area contributed by atoms with Crippen molar-refractivity contribution in [2.45, 2.75) is 18.0 Å². The molecule has 5 rings (SSSR count). The van der Waals surface area contributed by atoms with E-state index in [0.29, 0.717) is 12.1 Å². The summed E-state index contributed by atoms with van der Waals surface area (Å²) < 4.78 is 27.6. The van der Waals surface area contributed by atoms with Crippen LogP contribution in [0.2, 0.25) is 0 Å². The van der Waals surface area contributed by atoms with Crippen molar-refractivity contribution < 1.29 is 8.42 Å². The van der Waals surface area contributed by atoms with Crippen LogP contribution >= 0.6 is 0 Å². The first-order chi connectivity index (χ1) is 14.6. The molecule has 0 fully saturated rings. The molecule has 30 heavy (non-hydrogen) atoms. The van der Waals surface area contributed by atoms with E-state index < -0.39 is 10.0 Å². The Hall–Kier alpha value is -3.46. The van der Waals surface area contributed by atoms with E-state index in [2.05, 4.69) is 6.07 Å². The number of hydrogen-bond donors (Lipinski definition) is 0. The Kier molecular flexibility index (Phi) is 4.39. The quantitative estimate of drug-likeness (QED) is 0.473. The Balaban J connectivity index is 1.60. The number of hydrogen-bond acceptors (Lipinski definition) is 3. The van der Waals surface area contributed by atoms with Gasteiger partial charge in [0.1, 0.15) is 0 Å². The van der Waals surface area contributed by atoms with Gasteiger partial charge in [-0.1, -0.05) is 60.7 Å². The third-order valence-electron chi connectivity index (χ3n) is 5.61. The maximum Gasteiger partial charge on any atom is 0.243 e. The first-order valence-corrected chi connectivity index (χ1v) is 11.1. The summed E-state index contributed by atoms with van der Waals surface area (Å²) in [7, 11) is -3.59. The van der Waals surface area contributed by atoms with E-state index in [1.54, 1.807) is 30.3 Å². The largest absolute Gasteiger partial charge is 0.243 e. The highest BCUT2D eigenvalue weighted by Gasteiger charge is 2.31. The lowest BCUT2D eigenvalue weighted by Crippen LogP contribution is -2.25. The Bertz CT molecular complexity index is 1420. The smallest absolute Gasteiger partial charge is 0.207 e. The molecule has 0 atom stereocenters. The van der Waals surface area contributed by atoms with Gasteiger partial charge in [0.25, 0.3) is 0 Å². The Morgan fingerprint density at radius 3 is 2.20 bits per heavy atom. The lowest BCUT2D eigenvalue weighted by Gasteiger charge is -2.15. The molecular weight excluding hydrogens is 392 g/mol. The van der Waals surface area contributed by atoms with E-state index in [4.69, 9.17) is 0 Å². The van der Waals surface area contributed by atoms with Gasteiger partial charge in [-0.2, -0.15) is 9.57 Å². The second kappa shape index (κ2) is 7.10. The number of nitriles is 1. The van der Waals surface area contributed by atoms with Crippen molar-refractivity contribution in [1.82, 2.24) is 4.31 Å². The maximum atomic E-state index is 13.0. The minimum absolute atomic E-state index is 0.275. The molecule has 0 amide bonds.